The van der Waals surface area contributed by atoms with Crippen LogP contribution in [0.25, 0.3) is 0 Å². The van der Waals surface area contributed by atoms with Crippen LogP contribution in [0.3, 0.4) is 0 Å². The van der Waals surface area contributed by atoms with E-state index < -0.39 is 9.84 Å². The van der Waals surface area contributed by atoms with E-state index in [1.165, 1.54) is 12.8 Å². The molecular weight excluding hydrogens is 276 g/mol. The van der Waals surface area contributed by atoms with Crippen LogP contribution >= 0.6 is 0 Å². The Labute approximate surface area is 120 Å². The van der Waals surface area contributed by atoms with Crippen molar-refractivity contribution in [2.24, 2.45) is 0 Å². The molecule has 1 aromatic heterocycles. The van der Waals surface area contributed by atoms with Gasteiger partial charge >= 0.3 is 0 Å². The van der Waals surface area contributed by atoms with Crippen molar-refractivity contribution in [1.29, 1.82) is 0 Å². The quantitative estimate of drug-likeness (QED) is 0.749. The number of hydrogen-bond donors (Lipinski definition) is 1. The zero-order valence-electron chi connectivity index (χ0n) is 11.8. The van der Waals surface area contributed by atoms with E-state index >= 15 is 0 Å². The summed E-state index contributed by atoms with van der Waals surface area (Å²) >= 11 is 0. The summed E-state index contributed by atoms with van der Waals surface area (Å²) in [5.41, 5.74) is 0.975. The molecule has 0 amide bonds. The lowest BCUT2D eigenvalue weighted by Gasteiger charge is -2.07. The molecule has 20 heavy (non-hydrogen) atoms. The van der Waals surface area contributed by atoms with Crippen molar-refractivity contribution in [3.63, 3.8) is 0 Å². The van der Waals surface area contributed by atoms with Crippen LogP contribution in [0.2, 0.25) is 0 Å². The van der Waals surface area contributed by atoms with Crippen LogP contribution in [-0.4, -0.2) is 37.6 Å². The highest BCUT2D eigenvalue weighted by molar-refractivity contribution is 7.91. The van der Waals surface area contributed by atoms with Crippen molar-refractivity contribution in [3.8, 4) is 5.75 Å². The normalized spacial score (nSPS) is 15.2. The molecule has 1 fully saturated rings. The molecule has 0 radical (unpaired) electrons. The molecular formula is C14H22N2O3S. The monoisotopic (exact) mass is 298 g/mol. The number of ether oxygens (including phenoxy) is 1. The summed E-state index contributed by atoms with van der Waals surface area (Å²) in [4.78, 5) is 4.29. The SMILES string of the molecule is CCCS(=O)(=O)CCOc1ccc(CNC2CC2)nc1. The fourth-order valence-corrected chi connectivity index (χ4v) is 3.00. The Hall–Kier alpha value is -1.14. The fourth-order valence-electron chi connectivity index (χ4n) is 1.84. The van der Waals surface area contributed by atoms with E-state index in [2.05, 4.69) is 10.3 Å². The number of nitrogens with zero attached hydrogens (tertiary/aromatic N) is 1. The van der Waals surface area contributed by atoms with Gasteiger partial charge in [0, 0.05) is 12.6 Å². The lowest BCUT2D eigenvalue weighted by Crippen LogP contribution is -2.17. The van der Waals surface area contributed by atoms with Crippen LogP contribution < -0.4 is 10.1 Å². The van der Waals surface area contributed by atoms with Crippen molar-refractivity contribution in [2.45, 2.75) is 38.8 Å². The van der Waals surface area contributed by atoms with Gasteiger partial charge in [-0.05, 0) is 31.4 Å². The van der Waals surface area contributed by atoms with Gasteiger partial charge in [0.2, 0.25) is 0 Å². The summed E-state index contributed by atoms with van der Waals surface area (Å²) in [6.07, 6.45) is 4.81. The minimum Gasteiger partial charge on any atom is -0.491 e. The molecule has 5 nitrogen and oxygen atoms in total. The highest BCUT2D eigenvalue weighted by atomic mass is 32.2. The van der Waals surface area contributed by atoms with Crippen molar-refractivity contribution in [1.82, 2.24) is 10.3 Å². The molecule has 0 atom stereocenters. The predicted molar refractivity (Wildman–Crippen MR) is 78.5 cm³/mol. The molecule has 0 unspecified atom stereocenters. The number of sulfone groups is 1. The van der Waals surface area contributed by atoms with Crippen LogP contribution in [0.15, 0.2) is 18.3 Å². The van der Waals surface area contributed by atoms with E-state index in [0.717, 1.165) is 12.2 Å². The molecule has 0 aromatic carbocycles. The predicted octanol–water partition coefficient (Wildman–Crippen LogP) is 1.54. The molecule has 1 aliphatic carbocycles. The van der Waals surface area contributed by atoms with Gasteiger partial charge in [-0.25, -0.2) is 8.42 Å². The van der Waals surface area contributed by atoms with Gasteiger partial charge in [-0.1, -0.05) is 6.92 Å². The maximum Gasteiger partial charge on any atom is 0.153 e. The van der Waals surface area contributed by atoms with Crippen molar-refractivity contribution >= 4 is 9.84 Å². The molecule has 1 saturated carbocycles. The number of rotatable bonds is 9. The summed E-state index contributed by atoms with van der Waals surface area (Å²) < 4.78 is 28.5. The minimum atomic E-state index is -2.98. The van der Waals surface area contributed by atoms with E-state index in [4.69, 9.17) is 4.74 Å². The summed E-state index contributed by atoms with van der Waals surface area (Å²) in [6.45, 7) is 2.82. The number of aromatic nitrogens is 1. The third kappa shape index (κ3) is 5.46. The van der Waals surface area contributed by atoms with Crippen LogP contribution in [-0.2, 0) is 16.4 Å². The van der Waals surface area contributed by atoms with Crippen molar-refractivity contribution < 1.29 is 13.2 Å². The highest BCUT2D eigenvalue weighted by Gasteiger charge is 2.20. The molecule has 1 aliphatic rings. The molecule has 112 valence electrons. The van der Waals surface area contributed by atoms with Gasteiger partial charge in [-0.2, -0.15) is 0 Å². The molecule has 0 spiro atoms. The van der Waals surface area contributed by atoms with Gasteiger partial charge in [-0.15, -0.1) is 0 Å². The Balaban J connectivity index is 1.72. The van der Waals surface area contributed by atoms with Gasteiger partial charge in [-0.3, -0.25) is 4.98 Å². The second-order valence-corrected chi connectivity index (χ2v) is 7.44. The molecule has 1 aromatic rings. The second-order valence-electron chi connectivity index (χ2n) is 5.14. The minimum absolute atomic E-state index is 0.0613. The lowest BCUT2D eigenvalue weighted by atomic mass is 10.3. The second kappa shape index (κ2) is 7.04. The molecule has 0 bridgehead atoms. The van der Waals surface area contributed by atoms with Crippen molar-refractivity contribution in [3.05, 3.63) is 24.0 Å². The zero-order valence-corrected chi connectivity index (χ0v) is 12.7. The topological polar surface area (TPSA) is 68.3 Å². The molecule has 0 aliphatic heterocycles. The molecule has 2 rings (SSSR count). The molecule has 0 saturated heterocycles. The average molecular weight is 298 g/mol. The Bertz CT molecular complexity index is 510. The van der Waals surface area contributed by atoms with Gasteiger partial charge in [0.05, 0.1) is 23.4 Å². The van der Waals surface area contributed by atoms with E-state index in [9.17, 15) is 8.42 Å². The molecule has 6 heteroatoms. The molecule has 1 N–H and O–H groups in total. The summed E-state index contributed by atoms with van der Waals surface area (Å²) in [5.74, 6) is 0.901. The van der Waals surface area contributed by atoms with Crippen LogP contribution in [0, 0.1) is 0 Å². The summed E-state index contributed by atoms with van der Waals surface area (Å²) in [6, 6.07) is 4.41. The van der Waals surface area contributed by atoms with Crippen molar-refractivity contribution in [2.75, 3.05) is 18.1 Å². The van der Waals surface area contributed by atoms with Gasteiger partial charge in [0.15, 0.2) is 9.84 Å². The first kappa shape index (κ1) is 15.3. The maximum absolute atomic E-state index is 11.5. The van der Waals surface area contributed by atoms with E-state index in [1.54, 1.807) is 6.20 Å². The third-order valence-electron chi connectivity index (χ3n) is 3.13. The lowest BCUT2D eigenvalue weighted by molar-refractivity contribution is 0.339. The summed E-state index contributed by atoms with van der Waals surface area (Å²) in [7, 11) is -2.98. The van der Waals surface area contributed by atoms with E-state index in [0.29, 0.717) is 18.2 Å². The van der Waals surface area contributed by atoms with Crippen LogP contribution in [0.4, 0.5) is 0 Å². The number of pyridine rings is 1. The van der Waals surface area contributed by atoms with Gasteiger partial charge in [0.25, 0.3) is 0 Å². The average Bonchev–Trinajstić information content (AvgIpc) is 3.21. The first-order valence-electron chi connectivity index (χ1n) is 7.10. The number of nitrogens with one attached hydrogen (secondary N) is 1. The Morgan fingerprint density at radius 2 is 2.15 bits per heavy atom. The Kier molecular flexibility index (Phi) is 5.37. The Morgan fingerprint density at radius 3 is 2.75 bits per heavy atom. The zero-order chi connectivity index (χ0) is 14.4. The van der Waals surface area contributed by atoms with E-state index in [-0.39, 0.29) is 18.1 Å². The third-order valence-corrected chi connectivity index (χ3v) is 4.94. The largest absolute Gasteiger partial charge is 0.491 e. The first-order valence-corrected chi connectivity index (χ1v) is 8.93. The van der Waals surface area contributed by atoms with Crippen LogP contribution in [0.5, 0.6) is 5.75 Å². The van der Waals surface area contributed by atoms with E-state index in [1.807, 2.05) is 19.1 Å². The standard InChI is InChI=1S/C14H22N2O3S/c1-2-8-20(17,18)9-7-19-14-6-5-13(16-11-14)10-15-12-3-4-12/h5-6,11-12,15H,2-4,7-10H2,1H3. The van der Waals surface area contributed by atoms with Gasteiger partial charge < -0.3 is 10.1 Å². The highest BCUT2D eigenvalue weighted by Crippen LogP contribution is 2.19. The smallest absolute Gasteiger partial charge is 0.153 e. The molecule has 1 heterocycles. The Morgan fingerprint density at radius 1 is 1.35 bits per heavy atom. The number of hydrogen-bond acceptors (Lipinski definition) is 5. The van der Waals surface area contributed by atoms with Gasteiger partial charge in [0.1, 0.15) is 12.4 Å². The van der Waals surface area contributed by atoms with Crippen LogP contribution in [0.1, 0.15) is 31.9 Å². The maximum atomic E-state index is 11.5. The fraction of sp³-hybridized carbons (Fsp3) is 0.643. The summed E-state index contributed by atoms with van der Waals surface area (Å²) in [5, 5.41) is 3.39. The first-order chi connectivity index (χ1) is 9.59.